The number of nitrogens with zero attached hydrogens (tertiary/aromatic N) is 2. The van der Waals surface area contributed by atoms with Crippen LogP contribution < -0.4 is 4.74 Å². The van der Waals surface area contributed by atoms with E-state index in [1.807, 2.05) is 13.8 Å². The van der Waals surface area contributed by atoms with Gasteiger partial charge in [-0.05, 0) is 64.2 Å². The number of benzene rings is 1. The van der Waals surface area contributed by atoms with E-state index in [1.54, 1.807) is 0 Å². The third-order valence-electron chi connectivity index (χ3n) is 4.35. The summed E-state index contributed by atoms with van der Waals surface area (Å²) in [5.41, 5.74) is 5.30. The summed E-state index contributed by atoms with van der Waals surface area (Å²) in [6, 6.07) is 6.56. The molecule has 0 spiro atoms. The first kappa shape index (κ1) is 17.1. The third kappa shape index (κ3) is 3.73. The van der Waals surface area contributed by atoms with Gasteiger partial charge in [0.15, 0.2) is 0 Å². The largest absolute Gasteiger partial charge is 0.493 e. The van der Waals surface area contributed by atoms with Crippen LogP contribution in [0, 0.1) is 45.9 Å². The zero-order valence-electron chi connectivity index (χ0n) is 14.6. The van der Waals surface area contributed by atoms with Crippen LogP contribution in [0.4, 0.5) is 0 Å². The number of rotatable bonds is 6. The molecule has 2 rings (SSSR count). The Bertz CT molecular complexity index is 706. The maximum absolute atomic E-state index is 9.43. The average molecular weight is 312 g/mol. The summed E-state index contributed by atoms with van der Waals surface area (Å²) in [7, 11) is 0. The molecule has 1 unspecified atom stereocenters. The van der Waals surface area contributed by atoms with Crippen LogP contribution in [0.15, 0.2) is 16.7 Å². The molecule has 1 atom stereocenters. The minimum atomic E-state index is -0.190. The molecule has 0 aliphatic carbocycles. The number of hydrogen-bond acceptors (Lipinski definition) is 4. The fraction of sp³-hybridized carbons (Fsp3) is 0.474. The molecule has 0 N–H and O–H groups in total. The van der Waals surface area contributed by atoms with E-state index in [0.29, 0.717) is 6.61 Å². The highest BCUT2D eigenvalue weighted by Crippen LogP contribution is 2.28. The normalized spacial score (nSPS) is 12.0. The second-order valence-corrected chi connectivity index (χ2v) is 6.06. The van der Waals surface area contributed by atoms with Gasteiger partial charge in [-0.3, -0.25) is 0 Å². The van der Waals surface area contributed by atoms with E-state index in [-0.39, 0.29) is 5.92 Å². The maximum atomic E-state index is 9.43. The van der Waals surface area contributed by atoms with Crippen molar-refractivity contribution in [2.75, 3.05) is 6.61 Å². The Labute approximate surface area is 138 Å². The Balaban J connectivity index is 1.95. The minimum Gasteiger partial charge on any atom is -0.493 e. The predicted octanol–water partition coefficient (Wildman–Crippen LogP) is 4.68. The standard InChI is InChI=1S/C19H24N2O2/c1-12-8-9-13(2)19(14(12)3)22-10-6-7-17(11-20)18-15(4)21-23-16(18)5/h8-9,17H,6-7,10H2,1-5H3. The topological polar surface area (TPSA) is 59.0 Å². The molecule has 1 aromatic carbocycles. The van der Waals surface area contributed by atoms with Crippen molar-refractivity contribution < 1.29 is 9.26 Å². The number of aromatic nitrogens is 1. The third-order valence-corrected chi connectivity index (χ3v) is 4.35. The van der Waals surface area contributed by atoms with Gasteiger partial charge >= 0.3 is 0 Å². The summed E-state index contributed by atoms with van der Waals surface area (Å²) in [5, 5.41) is 13.4. The van der Waals surface area contributed by atoms with Crippen molar-refractivity contribution in [1.29, 1.82) is 5.26 Å². The van der Waals surface area contributed by atoms with Crippen molar-refractivity contribution in [3.05, 3.63) is 45.8 Å². The Kier molecular flexibility index (Phi) is 5.44. The van der Waals surface area contributed by atoms with Crippen LogP contribution in [0.25, 0.3) is 0 Å². The van der Waals surface area contributed by atoms with Gasteiger partial charge in [0.05, 0.1) is 24.3 Å². The summed E-state index contributed by atoms with van der Waals surface area (Å²) in [4.78, 5) is 0. The Hall–Kier alpha value is -2.28. The van der Waals surface area contributed by atoms with Crippen LogP contribution in [0.5, 0.6) is 5.75 Å². The van der Waals surface area contributed by atoms with E-state index in [1.165, 1.54) is 11.1 Å². The molecule has 0 amide bonds. The maximum Gasteiger partial charge on any atom is 0.138 e. The Morgan fingerprint density at radius 2 is 1.87 bits per heavy atom. The first-order valence-corrected chi connectivity index (χ1v) is 7.97. The molecule has 0 radical (unpaired) electrons. The smallest absolute Gasteiger partial charge is 0.138 e. The van der Waals surface area contributed by atoms with Crippen LogP contribution in [0.3, 0.4) is 0 Å². The van der Waals surface area contributed by atoms with Crippen LogP contribution >= 0.6 is 0 Å². The Morgan fingerprint density at radius 1 is 1.17 bits per heavy atom. The van der Waals surface area contributed by atoms with Gasteiger partial charge in [-0.25, -0.2) is 0 Å². The molecule has 2 aromatic rings. The first-order valence-electron chi connectivity index (χ1n) is 7.97. The highest BCUT2D eigenvalue weighted by molar-refractivity contribution is 5.44. The molecule has 0 saturated heterocycles. The summed E-state index contributed by atoms with van der Waals surface area (Å²) in [6.45, 7) is 10.6. The van der Waals surface area contributed by atoms with Crippen molar-refractivity contribution in [3.8, 4) is 11.8 Å². The molecule has 1 aromatic heterocycles. The zero-order valence-corrected chi connectivity index (χ0v) is 14.6. The molecule has 0 aliphatic heterocycles. The average Bonchev–Trinajstić information content (AvgIpc) is 2.86. The molecule has 0 bridgehead atoms. The minimum absolute atomic E-state index is 0.190. The molecule has 4 heteroatoms. The van der Waals surface area contributed by atoms with Gasteiger partial charge in [-0.15, -0.1) is 0 Å². The molecular formula is C19H24N2O2. The lowest BCUT2D eigenvalue weighted by molar-refractivity contribution is 0.300. The van der Waals surface area contributed by atoms with Gasteiger partial charge in [-0.2, -0.15) is 5.26 Å². The number of ether oxygens (including phenoxy) is 1. The van der Waals surface area contributed by atoms with E-state index in [4.69, 9.17) is 9.26 Å². The van der Waals surface area contributed by atoms with Crippen molar-refractivity contribution in [1.82, 2.24) is 5.16 Å². The van der Waals surface area contributed by atoms with Gasteiger partial charge in [-0.1, -0.05) is 17.3 Å². The monoisotopic (exact) mass is 312 g/mol. The zero-order chi connectivity index (χ0) is 17.0. The van der Waals surface area contributed by atoms with E-state index < -0.39 is 0 Å². The van der Waals surface area contributed by atoms with Gasteiger partial charge < -0.3 is 9.26 Å². The number of aryl methyl sites for hydroxylation is 4. The lowest BCUT2D eigenvalue weighted by Gasteiger charge is -2.14. The second kappa shape index (κ2) is 7.32. The summed E-state index contributed by atoms with van der Waals surface area (Å²) in [5.74, 6) is 1.51. The predicted molar refractivity (Wildman–Crippen MR) is 89.7 cm³/mol. The lowest BCUT2D eigenvalue weighted by Crippen LogP contribution is -2.05. The van der Waals surface area contributed by atoms with Crippen LogP contribution in [-0.4, -0.2) is 11.8 Å². The highest BCUT2D eigenvalue weighted by Gasteiger charge is 2.20. The van der Waals surface area contributed by atoms with Gasteiger partial charge in [0.2, 0.25) is 0 Å². The van der Waals surface area contributed by atoms with Gasteiger partial charge in [0.25, 0.3) is 0 Å². The van der Waals surface area contributed by atoms with Crippen molar-refractivity contribution in [2.24, 2.45) is 0 Å². The van der Waals surface area contributed by atoms with Crippen LogP contribution in [0.1, 0.15) is 52.5 Å². The second-order valence-electron chi connectivity index (χ2n) is 6.06. The Morgan fingerprint density at radius 3 is 2.48 bits per heavy atom. The molecule has 23 heavy (non-hydrogen) atoms. The summed E-state index contributed by atoms with van der Waals surface area (Å²) >= 11 is 0. The highest BCUT2D eigenvalue weighted by atomic mass is 16.5. The SMILES string of the molecule is Cc1ccc(C)c(OCCCC(C#N)c2c(C)noc2C)c1C. The molecule has 1 heterocycles. The number of nitriles is 1. The fourth-order valence-electron chi connectivity index (χ4n) is 2.87. The van der Waals surface area contributed by atoms with Crippen LogP contribution in [-0.2, 0) is 0 Å². The first-order chi connectivity index (χ1) is 11.0. The van der Waals surface area contributed by atoms with Crippen molar-refractivity contribution in [2.45, 2.75) is 53.4 Å². The molecular weight excluding hydrogens is 288 g/mol. The van der Waals surface area contributed by atoms with Crippen molar-refractivity contribution in [3.63, 3.8) is 0 Å². The summed E-state index contributed by atoms with van der Waals surface area (Å²) in [6.07, 6.45) is 1.55. The van der Waals surface area contributed by atoms with E-state index in [9.17, 15) is 5.26 Å². The molecule has 4 nitrogen and oxygen atoms in total. The van der Waals surface area contributed by atoms with Crippen LogP contribution in [0.2, 0.25) is 0 Å². The van der Waals surface area contributed by atoms with E-state index in [2.05, 4.69) is 44.1 Å². The van der Waals surface area contributed by atoms with Gasteiger partial charge in [0, 0.05) is 5.56 Å². The molecule has 0 fully saturated rings. The molecule has 0 aliphatic rings. The fourth-order valence-corrected chi connectivity index (χ4v) is 2.87. The van der Waals surface area contributed by atoms with Gasteiger partial charge in [0.1, 0.15) is 11.5 Å². The lowest BCUT2D eigenvalue weighted by atomic mass is 9.94. The summed E-state index contributed by atoms with van der Waals surface area (Å²) < 4.78 is 11.1. The van der Waals surface area contributed by atoms with Crippen molar-refractivity contribution >= 4 is 0 Å². The molecule has 0 saturated carbocycles. The van der Waals surface area contributed by atoms with E-state index in [0.717, 1.165) is 41.2 Å². The number of hydrogen-bond donors (Lipinski definition) is 0. The quantitative estimate of drug-likeness (QED) is 0.726. The van der Waals surface area contributed by atoms with E-state index >= 15 is 0 Å². The molecule has 122 valence electrons.